The molecule has 0 unspecified atom stereocenters. The Bertz CT molecular complexity index is 455. The third kappa shape index (κ3) is 2.35. The smallest absolute Gasteiger partial charge is 0.399 e. The highest BCUT2D eigenvalue weighted by molar-refractivity contribution is 6.06. The standard InChI is InChI=1S/C11H11F3N2O/c1-17-16-9-4-5-15-10-6-7(11(12,13)14)2-3-8(9)10/h2-3,6,15H,4-5H2,1H3. The molecular weight excluding hydrogens is 233 g/mol. The van der Waals surface area contributed by atoms with E-state index in [1.807, 2.05) is 0 Å². The first-order valence-electron chi connectivity index (χ1n) is 5.08. The Labute approximate surface area is 96.3 Å². The number of nitrogens with one attached hydrogen (secondary N) is 1. The Morgan fingerprint density at radius 3 is 2.76 bits per heavy atom. The normalized spacial score (nSPS) is 17.5. The number of oxime groups is 1. The molecule has 2 rings (SSSR count). The van der Waals surface area contributed by atoms with Crippen molar-refractivity contribution < 1.29 is 18.0 Å². The molecule has 0 spiro atoms. The van der Waals surface area contributed by atoms with E-state index in [9.17, 15) is 13.2 Å². The third-order valence-electron chi connectivity index (χ3n) is 2.54. The molecule has 1 heterocycles. The summed E-state index contributed by atoms with van der Waals surface area (Å²) in [5, 5.41) is 6.74. The number of hydrogen-bond acceptors (Lipinski definition) is 3. The van der Waals surface area contributed by atoms with Crippen LogP contribution in [0.5, 0.6) is 0 Å². The molecule has 0 aromatic heterocycles. The molecule has 0 amide bonds. The van der Waals surface area contributed by atoms with Gasteiger partial charge in [0.2, 0.25) is 0 Å². The molecule has 6 heteroatoms. The fourth-order valence-electron chi connectivity index (χ4n) is 1.77. The number of hydrogen-bond donors (Lipinski definition) is 1. The summed E-state index contributed by atoms with van der Waals surface area (Å²) >= 11 is 0. The fraction of sp³-hybridized carbons (Fsp3) is 0.364. The molecule has 1 N–H and O–H groups in total. The number of alkyl halides is 3. The molecule has 0 radical (unpaired) electrons. The van der Waals surface area contributed by atoms with Crippen molar-refractivity contribution in [3.05, 3.63) is 29.3 Å². The monoisotopic (exact) mass is 244 g/mol. The molecule has 0 aliphatic carbocycles. The van der Waals surface area contributed by atoms with Crippen molar-refractivity contribution in [1.29, 1.82) is 0 Å². The summed E-state index contributed by atoms with van der Waals surface area (Å²) in [7, 11) is 1.42. The topological polar surface area (TPSA) is 33.6 Å². The van der Waals surface area contributed by atoms with Gasteiger partial charge in [-0.05, 0) is 12.1 Å². The maximum Gasteiger partial charge on any atom is 0.416 e. The second-order valence-corrected chi connectivity index (χ2v) is 3.66. The van der Waals surface area contributed by atoms with E-state index >= 15 is 0 Å². The average Bonchev–Trinajstić information content (AvgIpc) is 2.28. The van der Waals surface area contributed by atoms with Crippen LogP contribution in [0.2, 0.25) is 0 Å². The van der Waals surface area contributed by atoms with E-state index in [-0.39, 0.29) is 0 Å². The zero-order valence-electron chi connectivity index (χ0n) is 9.14. The Morgan fingerprint density at radius 1 is 1.35 bits per heavy atom. The second-order valence-electron chi connectivity index (χ2n) is 3.66. The first-order valence-corrected chi connectivity index (χ1v) is 5.08. The Morgan fingerprint density at radius 2 is 2.12 bits per heavy atom. The number of halogens is 3. The van der Waals surface area contributed by atoms with Crippen LogP contribution in [0.1, 0.15) is 17.5 Å². The zero-order valence-corrected chi connectivity index (χ0v) is 9.14. The summed E-state index contributed by atoms with van der Waals surface area (Å²) in [5.41, 5.74) is 1.10. The van der Waals surface area contributed by atoms with Gasteiger partial charge in [0.25, 0.3) is 0 Å². The SMILES string of the molecule is CON=C1CCNc2cc(C(F)(F)F)ccc21. The molecule has 0 saturated heterocycles. The molecule has 1 aromatic carbocycles. The predicted octanol–water partition coefficient (Wildman–Crippen LogP) is 2.87. The Balaban J connectivity index is 2.44. The van der Waals surface area contributed by atoms with Crippen molar-refractivity contribution in [2.24, 2.45) is 5.16 Å². The van der Waals surface area contributed by atoms with Crippen molar-refractivity contribution >= 4 is 11.4 Å². The Kier molecular flexibility index (Phi) is 2.95. The molecule has 1 aliphatic heterocycles. The lowest BCUT2D eigenvalue weighted by Gasteiger charge is -2.20. The van der Waals surface area contributed by atoms with Crippen LogP contribution in [0.3, 0.4) is 0 Å². The van der Waals surface area contributed by atoms with Gasteiger partial charge >= 0.3 is 6.18 Å². The summed E-state index contributed by atoms with van der Waals surface area (Å²) in [5.74, 6) is 0. The van der Waals surface area contributed by atoms with Crippen molar-refractivity contribution in [3.63, 3.8) is 0 Å². The third-order valence-corrected chi connectivity index (χ3v) is 2.54. The highest BCUT2D eigenvalue weighted by atomic mass is 19.4. The van der Waals surface area contributed by atoms with Gasteiger partial charge in [-0.2, -0.15) is 13.2 Å². The van der Waals surface area contributed by atoms with Crippen LogP contribution in [0.4, 0.5) is 18.9 Å². The lowest BCUT2D eigenvalue weighted by molar-refractivity contribution is -0.137. The van der Waals surface area contributed by atoms with Crippen LogP contribution in [0, 0.1) is 0 Å². The van der Waals surface area contributed by atoms with Gasteiger partial charge in [0.05, 0.1) is 11.3 Å². The van der Waals surface area contributed by atoms with Gasteiger partial charge < -0.3 is 10.2 Å². The van der Waals surface area contributed by atoms with Gasteiger partial charge in [0.15, 0.2) is 0 Å². The number of nitrogens with zero attached hydrogens (tertiary/aromatic N) is 1. The minimum atomic E-state index is -4.33. The zero-order chi connectivity index (χ0) is 12.5. The maximum atomic E-state index is 12.5. The van der Waals surface area contributed by atoms with Gasteiger partial charge in [-0.3, -0.25) is 0 Å². The summed E-state index contributed by atoms with van der Waals surface area (Å²) in [6.45, 7) is 0.552. The summed E-state index contributed by atoms with van der Waals surface area (Å²) in [4.78, 5) is 4.67. The van der Waals surface area contributed by atoms with Crippen LogP contribution in [0.15, 0.2) is 23.4 Å². The van der Waals surface area contributed by atoms with E-state index in [1.165, 1.54) is 13.2 Å². The first kappa shape index (κ1) is 11.8. The number of benzene rings is 1. The number of anilines is 1. The van der Waals surface area contributed by atoms with Crippen molar-refractivity contribution in [3.8, 4) is 0 Å². The van der Waals surface area contributed by atoms with Gasteiger partial charge in [0.1, 0.15) is 7.11 Å². The minimum absolute atomic E-state index is 0.446. The molecule has 0 saturated carbocycles. The van der Waals surface area contributed by atoms with Crippen LogP contribution >= 0.6 is 0 Å². The highest BCUT2D eigenvalue weighted by Gasteiger charge is 2.31. The van der Waals surface area contributed by atoms with E-state index in [1.54, 1.807) is 0 Å². The van der Waals surface area contributed by atoms with E-state index in [0.717, 1.165) is 12.1 Å². The van der Waals surface area contributed by atoms with Crippen molar-refractivity contribution in [2.45, 2.75) is 12.6 Å². The molecule has 0 bridgehead atoms. The summed E-state index contributed by atoms with van der Waals surface area (Å²) in [6.07, 6.45) is -3.70. The quantitative estimate of drug-likeness (QED) is 0.770. The molecule has 1 aliphatic rings. The maximum absolute atomic E-state index is 12.5. The fourth-order valence-corrected chi connectivity index (χ4v) is 1.77. The van der Waals surface area contributed by atoms with Gasteiger partial charge in [-0.15, -0.1) is 0 Å². The summed E-state index contributed by atoms with van der Waals surface area (Å²) < 4.78 is 37.6. The first-order chi connectivity index (χ1) is 8.02. The number of rotatable bonds is 1. The molecular formula is C11H11F3N2O. The van der Waals surface area contributed by atoms with Crippen molar-refractivity contribution in [2.75, 3.05) is 19.0 Å². The van der Waals surface area contributed by atoms with E-state index in [0.29, 0.717) is 29.9 Å². The van der Waals surface area contributed by atoms with Crippen LogP contribution < -0.4 is 5.32 Å². The predicted molar refractivity (Wildman–Crippen MR) is 58.1 cm³/mol. The minimum Gasteiger partial charge on any atom is -0.399 e. The number of fused-ring (bicyclic) bond motifs is 1. The molecule has 3 nitrogen and oxygen atoms in total. The van der Waals surface area contributed by atoms with E-state index in [2.05, 4.69) is 15.3 Å². The Hall–Kier alpha value is -1.72. The molecule has 0 atom stereocenters. The highest BCUT2D eigenvalue weighted by Crippen LogP contribution is 2.33. The lowest BCUT2D eigenvalue weighted by Crippen LogP contribution is -2.20. The van der Waals surface area contributed by atoms with E-state index < -0.39 is 11.7 Å². The molecule has 1 aromatic rings. The molecule has 92 valence electrons. The summed E-state index contributed by atoms with van der Waals surface area (Å²) in [6, 6.07) is 3.57. The van der Waals surface area contributed by atoms with Crippen LogP contribution in [-0.4, -0.2) is 19.4 Å². The molecule has 0 fully saturated rings. The van der Waals surface area contributed by atoms with Gasteiger partial charge in [-0.25, -0.2) is 0 Å². The lowest BCUT2D eigenvalue weighted by atomic mass is 9.99. The van der Waals surface area contributed by atoms with Crippen LogP contribution in [-0.2, 0) is 11.0 Å². The van der Waals surface area contributed by atoms with E-state index in [4.69, 9.17) is 0 Å². The van der Waals surface area contributed by atoms with Gasteiger partial charge in [-0.1, -0.05) is 11.2 Å². The average molecular weight is 244 g/mol. The van der Waals surface area contributed by atoms with Crippen molar-refractivity contribution in [1.82, 2.24) is 0 Å². The molecule has 17 heavy (non-hydrogen) atoms. The largest absolute Gasteiger partial charge is 0.416 e. The van der Waals surface area contributed by atoms with Gasteiger partial charge in [0, 0.05) is 24.2 Å². The van der Waals surface area contributed by atoms with Crippen LogP contribution in [0.25, 0.3) is 0 Å². The second kappa shape index (κ2) is 4.27.